The summed E-state index contributed by atoms with van der Waals surface area (Å²) in [5.74, 6) is -0.473. The summed E-state index contributed by atoms with van der Waals surface area (Å²) in [5.41, 5.74) is 0.822. The van der Waals surface area contributed by atoms with E-state index in [4.69, 9.17) is 11.6 Å². The van der Waals surface area contributed by atoms with Crippen LogP contribution in [0.25, 0.3) is 0 Å². The molecule has 3 amide bonds. The van der Waals surface area contributed by atoms with Gasteiger partial charge in [-0.1, -0.05) is 81.2 Å². The summed E-state index contributed by atoms with van der Waals surface area (Å²) in [7, 11) is 0. The molecule has 1 atom stereocenters. The van der Waals surface area contributed by atoms with Crippen LogP contribution in [0.4, 0.5) is 23.7 Å². The number of ketones is 1. The molecular weight excluding hydrogens is 691 g/mol. The van der Waals surface area contributed by atoms with Crippen LogP contribution in [-0.2, 0) is 28.6 Å². The first-order valence-corrected chi connectivity index (χ1v) is 19.9. The Hall–Kier alpha value is -3.27. The van der Waals surface area contributed by atoms with Crippen LogP contribution in [-0.4, -0.2) is 58.3 Å². The highest BCUT2D eigenvalue weighted by Crippen LogP contribution is 2.42. The minimum atomic E-state index is -4.83. The first-order chi connectivity index (χ1) is 24.9. The van der Waals surface area contributed by atoms with Crippen LogP contribution in [0.1, 0.15) is 113 Å². The molecule has 2 aromatic rings. The van der Waals surface area contributed by atoms with Crippen molar-refractivity contribution in [2.24, 2.45) is 23.7 Å². The Morgan fingerprint density at radius 2 is 1.54 bits per heavy atom. The number of aromatic hydroxyl groups is 1. The molecule has 6 rings (SSSR count). The van der Waals surface area contributed by atoms with Crippen molar-refractivity contribution in [3.05, 3.63) is 58.1 Å². The predicted molar refractivity (Wildman–Crippen MR) is 196 cm³/mol. The first-order valence-electron chi connectivity index (χ1n) is 19.5. The number of hydrogen-bond donors (Lipinski definition) is 2. The zero-order valence-corrected chi connectivity index (χ0v) is 30.8. The van der Waals surface area contributed by atoms with Crippen molar-refractivity contribution in [2.45, 2.75) is 121 Å². The van der Waals surface area contributed by atoms with E-state index in [1.807, 2.05) is 29.2 Å². The maximum atomic E-state index is 14.0. The number of hydrogen-bond acceptors (Lipinski definition) is 4. The summed E-state index contributed by atoms with van der Waals surface area (Å²) in [6.07, 6.45) is 10.6. The predicted octanol–water partition coefficient (Wildman–Crippen LogP) is 9.82. The lowest BCUT2D eigenvalue weighted by atomic mass is 9.74. The second-order valence-electron chi connectivity index (χ2n) is 15.9. The Morgan fingerprint density at radius 1 is 0.885 bits per heavy atom. The molecule has 2 aromatic carbocycles. The van der Waals surface area contributed by atoms with Crippen molar-refractivity contribution in [3.8, 4) is 5.75 Å². The maximum absolute atomic E-state index is 14.0. The summed E-state index contributed by atoms with van der Waals surface area (Å²) in [5, 5.41) is 12.6. The van der Waals surface area contributed by atoms with Gasteiger partial charge in [-0.2, -0.15) is 13.2 Å². The van der Waals surface area contributed by atoms with E-state index < -0.39 is 28.4 Å². The molecular formula is C41H53ClF3N3O4. The number of piperidine rings is 1. The number of halogens is 4. The second kappa shape index (κ2) is 17.3. The molecule has 11 heteroatoms. The smallest absolute Gasteiger partial charge is 0.420 e. The van der Waals surface area contributed by atoms with E-state index in [1.165, 1.54) is 51.0 Å². The van der Waals surface area contributed by atoms with Crippen molar-refractivity contribution in [1.29, 1.82) is 0 Å². The third kappa shape index (κ3) is 9.83. The molecule has 2 saturated carbocycles. The van der Waals surface area contributed by atoms with Gasteiger partial charge in [0.25, 0.3) is 0 Å². The van der Waals surface area contributed by atoms with E-state index in [0.29, 0.717) is 44.8 Å². The van der Waals surface area contributed by atoms with Gasteiger partial charge >= 0.3 is 12.2 Å². The number of nitrogens with one attached hydrogen (secondary N) is 1. The molecule has 0 unspecified atom stereocenters. The number of Topliss-reactive ketones (excluding diaryl/α,β-unsaturated/α-hetero) is 1. The second-order valence-corrected chi connectivity index (χ2v) is 16.3. The van der Waals surface area contributed by atoms with Crippen LogP contribution < -0.4 is 5.32 Å². The number of rotatable bonds is 10. The molecule has 7 nitrogen and oxygen atoms in total. The number of carbonyl (C=O) groups excluding carboxylic acids is 3. The maximum Gasteiger partial charge on any atom is 0.420 e. The lowest BCUT2D eigenvalue weighted by Crippen LogP contribution is -2.50. The number of nitrogens with zero attached hydrogens (tertiary/aromatic N) is 2. The van der Waals surface area contributed by atoms with Gasteiger partial charge < -0.3 is 20.2 Å². The Bertz CT molecular complexity index is 1560. The molecule has 2 heterocycles. The number of phenols is 1. The van der Waals surface area contributed by atoms with Crippen molar-refractivity contribution < 1.29 is 32.7 Å². The highest BCUT2D eigenvalue weighted by Gasteiger charge is 2.37. The summed E-state index contributed by atoms with van der Waals surface area (Å²) < 4.78 is 41.3. The van der Waals surface area contributed by atoms with Crippen molar-refractivity contribution >= 4 is 35.0 Å². The normalized spacial score (nSPS) is 23.0. The molecule has 0 radical (unpaired) electrons. The van der Waals surface area contributed by atoms with Crippen LogP contribution >= 0.6 is 11.6 Å². The highest BCUT2D eigenvalue weighted by atomic mass is 35.5. The molecule has 2 aliphatic carbocycles. The summed E-state index contributed by atoms with van der Waals surface area (Å²) in [6.45, 7) is 1.43. The van der Waals surface area contributed by atoms with Crippen molar-refractivity contribution in [1.82, 2.24) is 9.80 Å². The quantitative estimate of drug-likeness (QED) is 0.237. The van der Waals surface area contributed by atoms with E-state index in [2.05, 4.69) is 5.32 Å². The Labute approximate surface area is 310 Å². The molecule has 0 aromatic heterocycles. The molecule has 2 N–H and O–H groups in total. The van der Waals surface area contributed by atoms with Crippen LogP contribution in [0.2, 0.25) is 5.02 Å². The number of amides is 3. The zero-order valence-electron chi connectivity index (χ0n) is 30.1. The fourth-order valence-corrected chi connectivity index (χ4v) is 9.51. The van der Waals surface area contributed by atoms with Crippen LogP contribution in [0.3, 0.4) is 0 Å². The SMILES string of the molecule is O=C(CC1CCC(CC2CCCCCC2)CC1)[C@H](CC(=O)N1CCC(N2CCc3ccccc3NC2=O)CC1)Cc1cc(Cl)c(O)c(C(F)(F)F)c1. The van der Waals surface area contributed by atoms with Gasteiger partial charge in [0.1, 0.15) is 11.5 Å². The number of alkyl halides is 3. The number of anilines is 1. The fraction of sp³-hybridized carbons (Fsp3) is 0.634. The Morgan fingerprint density at radius 3 is 2.23 bits per heavy atom. The van der Waals surface area contributed by atoms with Gasteiger partial charge in [0.15, 0.2) is 0 Å². The van der Waals surface area contributed by atoms with Gasteiger partial charge in [0, 0.05) is 50.1 Å². The van der Waals surface area contributed by atoms with Crippen molar-refractivity contribution in [3.63, 3.8) is 0 Å². The standard InChI is InChI=1S/C41H53ClF3N3O4/c42-35-24-30(23-34(39(35)51)41(43,44)45)22-32(37(49)25-29-13-11-28(12-14-29)21-27-7-3-1-2-4-8-27)26-38(50)47-18-16-33(17-19-47)48-20-15-31-9-5-6-10-36(31)46-40(48)52/h5-6,9-10,23-24,27-29,32-33,51H,1-4,7-8,11-22,25-26H2,(H,46,52)/t28?,29?,32-/m0/s1. The molecule has 2 aliphatic heterocycles. The minimum Gasteiger partial charge on any atom is -0.506 e. The largest absolute Gasteiger partial charge is 0.506 e. The fourth-order valence-electron chi connectivity index (χ4n) is 9.27. The summed E-state index contributed by atoms with van der Waals surface area (Å²) >= 11 is 6.05. The molecule has 3 fully saturated rings. The minimum absolute atomic E-state index is 0.0339. The van der Waals surface area contributed by atoms with Gasteiger partial charge in [-0.05, 0) is 92.0 Å². The van der Waals surface area contributed by atoms with E-state index in [9.17, 15) is 32.7 Å². The lowest BCUT2D eigenvalue weighted by Gasteiger charge is -2.38. The van der Waals surface area contributed by atoms with E-state index in [0.717, 1.165) is 55.3 Å². The number of benzene rings is 2. The van der Waals surface area contributed by atoms with Gasteiger partial charge in [-0.25, -0.2) is 4.79 Å². The number of fused-ring (bicyclic) bond motifs is 1. The van der Waals surface area contributed by atoms with Gasteiger partial charge in [0.2, 0.25) is 5.91 Å². The van der Waals surface area contributed by atoms with Gasteiger partial charge in [-0.15, -0.1) is 0 Å². The number of urea groups is 1. The topological polar surface area (TPSA) is 90.0 Å². The van der Waals surface area contributed by atoms with Gasteiger partial charge in [-0.3, -0.25) is 9.59 Å². The lowest BCUT2D eigenvalue weighted by molar-refractivity contribution is -0.139. The molecule has 4 aliphatic rings. The third-order valence-corrected chi connectivity index (χ3v) is 12.6. The number of carbonyl (C=O) groups is 3. The number of para-hydroxylation sites is 1. The van der Waals surface area contributed by atoms with Gasteiger partial charge in [0.05, 0.1) is 10.6 Å². The Kier molecular flexibility index (Phi) is 12.8. The van der Waals surface area contributed by atoms with Crippen LogP contribution in [0.15, 0.2) is 36.4 Å². The van der Waals surface area contributed by atoms with Crippen LogP contribution in [0.5, 0.6) is 5.75 Å². The summed E-state index contributed by atoms with van der Waals surface area (Å²) in [6, 6.07) is 9.70. The third-order valence-electron chi connectivity index (χ3n) is 12.3. The molecule has 52 heavy (non-hydrogen) atoms. The average molecular weight is 744 g/mol. The molecule has 284 valence electrons. The van der Waals surface area contributed by atoms with E-state index >= 15 is 0 Å². The average Bonchev–Trinajstić information content (AvgIpc) is 3.48. The Balaban J connectivity index is 1.08. The first kappa shape index (κ1) is 38.5. The molecule has 0 bridgehead atoms. The van der Waals surface area contributed by atoms with E-state index in [-0.39, 0.29) is 48.1 Å². The van der Waals surface area contributed by atoms with Crippen LogP contribution in [0, 0.1) is 23.7 Å². The monoisotopic (exact) mass is 743 g/mol. The number of likely N-dealkylation sites (tertiary alicyclic amines) is 1. The van der Waals surface area contributed by atoms with E-state index in [1.54, 1.807) is 4.90 Å². The highest BCUT2D eigenvalue weighted by molar-refractivity contribution is 6.32. The zero-order chi connectivity index (χ0) is 36.8. The summed E-state index contributed by atoms with van der Waals surface area (Å²) in [4.78, 5) is 44.5. The number of phenolic OH excluding ortho intramolecular Hbond substituents is 1. The molecule has 0 spiro atoms. The molecule has 1 saturated heterocycles. The van der Waals surface area contributed by atoms with Crippen molar-refractivity contribution in [2.75, 3.05) is 25.0 Å².